The minimum Gasteiger partial charge on any atom is -0.352 e. The Morgan fingerprint density at radius 2 is 2.00 bits per heavy atom. The van der Waals surface area contributed by atoms with E-state index < -0.39 is 0 Å². The number of benzene rings is 1. The van der Waals surface area contributed by atoms with Crippen LogP contribution in [0.5, 0.6) is 0 Å². The molecule has 0 spiro atoms. The zero-order valence-electron chi connectivity index (χ0n) is 16.0. The van der Waals surface area contributed by atoms with Gasteiger partial charge in [0.1, 0.15) is 0 Å². The van der Waals surface area contributed by atoms with Crippen LogP contribution in [0.1, 0.15) is 38.2 Å². The first-order chi connectivity index (χ1) is 12.9. The van der Waals surface area contributed by atoms with Gasteiger partial charge in [0.25, 0.3) is 0 Å². The Morgan fingerprint density at radius 1 is 1.30 bits per heavy atom. The molecular weight excluding hydrogens is 360 g/mol. The topological polar surface area (TPSA) is 67.2 Å². The molecule has 0 saturated heterocycles. The van der Waals surface area contributed by atoms with Crippen LogP contribution in [0.4, 0.5) is 0 Å². The number of amides is 2. The van der Waals surface area contributed by atoms with Gasteiger partial charge < -0.3 is 10.2 Å². The number of hydrogen-bond acceptors (Lipinski definition) is 4. The first-order valence-corrected chi connectivity index (χ1v) is 10.2. The van der Waals surface area contributed by atoms with Gasteiger partial charge in [0.05, 0.1) is 12.3 Å². The fourth-order valence-electron chi connectivity index (χ4n) is 2.65. The van der Waals surface area contributed by atoms with Crippen molar-refractivity contribution in [3.63, 3.8) is 0 Å². The molecule has 1 aliphatic carbocycles. The summed E-state index contributed by atoms with van der Waals surface area (Å²) in [5.74, 6) is 0.551. The fraction of sp³-hybridized carbons (Fsp3) is 0.450. The molecule has 0 bridgehead atoms. The van der Waals surface area contributed by atoms with Gasteiger partial charge in [0.15, 0.2) is 5.16 Å². The molecule has 0 atom stereocenters. The number of likely N-dealkylation sites (N-methyl/N-ethyl adjacent to an activating group) is 1. The van der Waals surface area contributed by atoms with Gasteiger partial charge in [0, 0.05) is 31.2 Å². The summed E-state index contributed by atoms with van der Waals surface area (Å²) >= 11 is 1.38. The summed E-state index contributed by atoms with van der Waals surface area (Å²) in [5.41, 5.74) is 2.30. The van der Waals surface area contributed by atoms with Crippen LogP contribution >= 0.6 is 11.8 Å². The third-order valence-electron chi connectivity index (χ3n) is 4.52. The standard InChI is InChI=1S/C20H26N4O2S/c1-14(2)15-4-8-17(9-5-15)24-11-10-21-20(24)27-13-19(26)23(3)12-18(25)22-16-6-7-16/h4-5,8-11,14,16H,6-7,12-13H2,1-3H3,(H,22,25). The largest absolute Gasteiger partial charge is 0.352 e. The number of carbonyl (C=O) groups is 2. The molecular formula is C20H26N4O2S. The average molecular weight is 387 g/mol. The number of hydrogen-bond donors (Lipinski definition) is 1. The minimum atomic E-state index is -0.0925. The van der Waals surface area contributed by atoms with Crippen molar-refractivity contribution >= 4 is 23.6 Å². The Hall–Kier alpha value is -2.28. The SMILES string of the molecule is CC(C)c1ccc(-n2ccnc2SCC(=O)N(C)CC(=O)NC2CC2)cc1. The van der Waals surface area contributed by atoms with Gasteiger partial charge in [-0.2, -0.15) is 0 Å². The summed E-state index contributed by atoms with van der Waals surface area (Å²) in [5, 5.41) is 3.66. The minimum absolute atomic E-state index is 0.0874. The Labute approximate surface area is 164 Å². The molecule has 2 aromatic rings. The van der Waals surface area contributed by atoms with E-state index in [4.69, 9.17) is 0 Å². The maximum absolute atomic E-state index is 12.3. The van der Waals surface area contributed by atoms with Gasteiger partial charge in [-0.05, 0) is 36.5 Å². The molecule has 1 N–H and O–H groups in total. The quantitative estimate of drug-likeness (QED) is 0.709. The van der Waals surface area contributed by atoms with E-state index in [0.717, 1.165) is 23.7 Å². The second-order valence-electron chi connectivity index (χ2n) is 7.21. The molecule has 1 fully saturated rings. The molecule has 1 aromatic carbocycles. The molecule has 0 unspecified atom stereocenters. The van der Waals surface area contributed by atoms with Crippen LogP contribution in [0.3, 0.4) is 0 Å². The normalized spacial score (nSPS) is 13.6. The molecule has 1 heterocycles. The van der Waals surface area contributed by atoms with Crippen molar-refractivity contribution in [2.24, 2.45) is 0 Å². The second kappa shape index (κ2) is 8.61. The lowest BCUT2D eigenvalue weighted by atomic mass is 10.0. The van der Waals surface area contributed by atoms with Gasteiger partial charge in [-0.3, -0.25) is 14.2 Å². The average Bonchev–Trinajstić information content (AvgIpc) is 3.33. The highest BCUT2D eigenvalue weighted by Gasteiger charge is 2.24. The smallest absolute Gasteiger partial charge is 0.239 e. The predicted molar refractivity (Wildman–Crippen MR) is 107 cm³/mol. The molecule has 1 aromatic heterocycles. The Kier molecular flexibility index (Phi) is 6.21. The molecule has 27 heavy (non-hydrogen) atoms. The van der Waals surface area contributed by atoms with E-state index in [1.54, 1.807) is 13.2 Å². The van der Waals surface area contributed by atoms with Crippen LogP contribution in [0.25, 0.3) is 5.69 Å². The molecule has 1 saturated carbocycles. The van der Waals surface area contributed by atoms with E-state index in [0.29, 0.717) is 12.0 Å². The van der Waals surface area contributed by atoms with Gasteiger partial charge >= 0.3 is 0 Å². The Morgan fingerprint density at radius 3 is 2.63 bits per heavy atom. The lowest BCUT2D eigenvalue weighted by Gasteiger charge is -2.16. The van der Waals surface area contributed by atoms with Gasteiger partial charge in [0.2, 0.25) is 11.8 Å². The maximum Gasteiger partial charge on any atom is 0.239 e. The first kappa shape index (κ1) is 19.5. The van der Waals surface area contributed by atoms with Crippen LogP contribution in [0.2, 0.25) is 0 Å². The second-order valence-corrected chi connectivity index (χ2v) is 8.15. The number of nitrogens with one attached hydrogen (secondary N) is 1. The highest BCUT2D eigenvalue weighted by molar-refractivity contribution is 7.99. The summed E-state index contributed by atoms with van der Waals surface area (Å²) < 4.78 is 1.97. The molecule has 0 aliphatic heterocycles. The van der Waals surface area contributed by atoms with Crippen LogP contribution in [-0.4, -0.2) is 51.7 Å². The highest BCUT2D eigenvalue weighted by Crippen LogP contribution is 2.23. The molecule has 7 heteroatoms. The van der Waals surface area contributed by atoms with Crippen molar-refractivity contribution in [2.75, 3.05) is 19.3 Å². The fourth-order valence-corrected chi connectivity index (χ4v) is 3.57. The van der Waals surface area contributed by atoms with E-state index in [2.05, 4.69) is 48.4 Å². The summed E-state index contributed by atoms with van der Waals surface area (Å²) in [6, 6.07) is 8.68. The van der Waals surface area contributed by atoms with Gasteiger partial charge in [-0.15, -0.1) is 0 Å². The molecule has 1 aliphatic rings. The van der Waals surface area contributed by atoms with Crippen LogP contribution < -0.4 is 5.32 Å². The lowest BCUT2D eigenvalue weighted by Crippen LogP contribution is -2.39. The van der Waals surface area contributed by atoms with E-state index >= 15 is 0 Å². The third-order valence-corrected chi connectivity index (χ3v) is 5.47. The predicted octanol–water partition coefficient (Wildman–Crippen LogP) is 2.82. The molecule has 3 rings (SSSR count). The molecule has 144 valence electrons. The first-order valence-electron chi connectivity index (χ1n) is 9.24. The summed E-state index contributed by atoms with van der Waals surface area (Å²) in [7, 11) is 1.66. The zero-order chi connectivity index (χ0) is 19.4. The number of aromatic nitrogens is 2. The number of imidazole rings is 1. The van der Waals surface area contributed by atoms with Crippen molar-refractivity contribution in [3.05, 3.63) is 42.2 Å². The van der Waals surface area contributed by atoms with Crippen LogP contribution in [0, 0.1) is 0 Å². The van der Waals surface area contributed by atoms with E-state index in [-0.39, 0.29) is 24.1 Å². The number of nitrogens with zero attached hydrogens (tertiary/aromatic N) is 3. The summed E-state index contributed by atoms with van der Waals surface area (Å²) in [6.07, 6.45) is 5.71. The third kappa shape index (κ3) is 5.35. The molecule has 2 amide bonds. The highest BCUT2D eigenvalue weighted by atomic mass is 32.2. The number of thioether (sulfide) groups is 1. The maximum atomic E-state index is 12.3. The van der Waals surface area contributed by atoms with Crippen molar-refractivity contribution in [3.8, 4) is 5.69 Å². The molecule has 6 nitrogen and oxygen atoms in total. The van der Waals surface area contributed by atoms with Crippen molar-refractivity contribution < 1.29 is 9.59 Å². The Balaban J connectivity index is 1.56. The van der Waals surface area contributed by atoms with E-state index in [1.165, 1.54) is 22.2 Å². The summed E-state index contributed by atoms with van der Waals surface area (Å²) in [6.45, 7) is 4.43. The van der Waals surface area contributed by atoms with E-state index in [1.807, 2.05) is 10.8 Å². The van der Waals surface area contributed by atoms with Gasteiger partial charge in [-0.25, -0.2) is 4.98 Å². The number of rotatable bonds is 8. The van der Waals surface area contributed by atoms with Crippen molar-refractivity contribution in [2.45, 2.75) is 43.8 Å². The van der Waals surface area contributed by atoms with Crippen molar-refractivity contribution in [1.82, 2.24) is 19.8 Å². The lowest BCUT2D eigenvalue weighted by molar-refractivity contribution is -0.132. The number of carbonyl (C=O) groups excluding carboxylic acids is 2. The van der Waals surface area contributed by atoms with Crippen LogP contribution in [0.15, 0.2) is 41.8 Å². The van der Waals surface area contributed by atoms with E-state index in [9.17, 15) is 9.59 Å². The monoisotopic (exact) mass is 386 g/mol. The molecule has 0 radical (unpaired) electrons. The van der Waals surface area contributed by atoms with Crippen LogP contribution in [-0.2, 0) is 9.59 Å². The zero-order valence-corrected chi connectivity index (χ0v) is 16.8. The summed E-state index contributed by atoms with van der Waals surface area (Å²) in [4.78, 5) is 30.0. The van der Waals surface area contributed by atoms with Crippen molar-refractivity contribution in [1.29, 1.82) is 0 Å². The Bertz CT molecular complexity index is 797. The van der Waals surface area contributed by atoms with Gasteiger partial charge in [-0.1, -0.05) is 37.7 Å².